The molecule has 1 aromatic heterocycles. The topological polar surface area (TPSA) is 59.4 Å². The summed E-state index contributed by atoms with van der Waals surface area (Å²) in [5, 5.41) is 9.35. The van der Waals surface area contributed by atoms with Gasteiger partial charge in [0.2, 0.25) is 0 Å². The predicted octanol–water partition coefficient (Wildman–Crippen LogP) is 5.77. The van der Waals surface area contributed by atoms with Gasteiger partial charge in [-0.3, -0.25) is 9.78 Å². The van der Waals surface area contributed by atoms with Crippen molar-refractivity contribution < 1.29 is 41.0 Å². The van der Waals surface area contributed by atoms with E-state index in [0.717, 1.165) is 24.4 Å². The first-order valence-corrected chi connectivity index (χ1v) is 10.6. The first-order valence-electron chi connectivity index (χ1n) is 10.6. The number of carbonyl (C=O) groups is 1. The summed E-state index contributed by atoms with van der Waals surface area (Å²) in [7, 11) is 0. The smallest absolute Gasteiger partial charge is 0.422 e. The quantitative estimate of drug-likeness (QED) is 0.361. The van der Waals surface area contributed by atoms with E-state index in [1.165, 1.54) is 30.3 Å². The van der Waals surface area contributed by atoms with Crippen LogP contribution in [0.1, 0.15) is 30.0 Å². The van der Waals surface area contributed by atoms with Crippen LogP contribution in [0.5, 0.6) is 5.75 Å². The average Bonchev–Trinajstić information content (AvgIpc) is 2.79. The Morgan fingerprint density at radius 2 is 1.74 bits per heavy atom. The molecule has 0 aliphatic heterocycles. The van der Waals surface area contributed by atoms with E-state index >= 15 is 0 Å². The molecule has 186 valence electrons. The molecule has 0 unspecified atom stereocenters. The van der Waals surface area contributed by atoms with Gasteiger partial charge in [-0.1, -0.05) is 18.2 Å². The van der Waals surface area contributed by atoms with Crippen molar-refractivity contribution in [1.29, 1.82) is 0 Å². The third-order valence-electron chi connectivity index (χ3n) is 5.20. The van der Waals surface area contributed by atoms with Gasteiger partial charge in [-0.15, -0.1) is 0 Å². The van der Waals surface area contributed by atoms with E-state index in [2.05, 4.69) is 9.72 Å². The zero-order chi connectivity index (χ0) is 25.6. The van der Waals surface area contributed by atoms with Crippen LogP contribution in [0.15, 0.2) is 54.7 Å². The van der Waals surface area contributed by atoms with Crippen molar-refractivity contribution in [2.75, 3.05) is 13.2 Å². The second kappa shape index (κ2) is 11.4. The summed E-state index contributed by atoms with van der Waals surface area (Å²) < 4.78 is 82.6. The van der Waals surface area contributed by atoms with Crippen LogP contribution in [-0.2, 0) is 11.2 Å². The van der Waals surface area contributed by atoms with Crippen molar-refractivity contribution in [2.45, 2.75) is 31.4 Å². The predicted molar refractivity (Wildman–Crippen MR) is 115 cm³/mol. The summed E-state index contributed by atoms with van der Waals surface area (Å²) in [6, 6.07) is 9.76. The number of hydrogen-bond donors (Lipinski definition) is 1. The molecule has 1 heterocycles. The van der Waals surface area contributed by atoms with Crippen LogP contribution in [-0.4, -0.2) is 35.3 Å². The number of halogens is 6. The summed E-state index contributed by atoms with van der Waals surface area (Å²) >= 11 is 0. The molecule has 0 fully saturated rings. The summed E-state index contributed by atoms with van der Waals surface area (Å²) in [4.78, 5) is 16.7. The first kappa shape index (κ1) is 26.2. The highest BCUT2D eigenvalue weighted by Gasteiger charge is 2.28. The van der Waals surface area contributed by atoms with E-state index in [4.69, 9.17) is 0 Å². The van der Waals surface area contributed by atoms with Gasteiger partial charge in [0.25, 0.3) is 0 Å². The Bertz CT molecular complexity index is 1160. The number of ether oxygens (including phenoxy) is 1. The fraction of sp³-hybridized carbons (Fsp3) is 0.280. The van der Waals surface area contributed by atoms with Crippen LogP contribution in [0, 0.1) is 17.5 Å². The number of rotatable bonds is 10. The molecule has 0 amide bonds. The number of pyridine rings is 1. The summed E-state index contributed by atoms with van der Waals surface area (Å²) in [5.74, 6) is -3.73. The molecular weight excluding hydrogens is 476 g/mol. The Kier molecular flexibility index (Phi) is 8.50. The Labute approximate surface area is 197 Å². The highest BCUT2D eigenvalue weighted by Crippen LogP contribution is 2.28. The largest absolute Gasteiger partial charge is 0.483 e. The standard InChI is InChI=1S/C25H21F6NO3/c26-21-5-2-16(12-23(21)28)20-4-1-15(10-22(20)27)9-18(34)11-17(7-8-33)24-6-3-19(13-32-24)35-14-25(29,30)31/h1-6,10,12-13,17,33H,7-9,11,14H2/t17-/m0/s1. The maximum atomic E-state index is 14.6. The molecule has 0 aliphatic rings. The van der Waals surface area contributed by atoms with E-state index in [0.29, 0.717) is 11.3 Å². The minimum atomic E-state index is -4.49. The molecule has 0 radical (unpaired) electrons. The maximum Gasteiger partial charge on any atom is 0.422 e. The van der Waals surface area contributed by atoms with Crippen LogP contribution in [0.25, 0.3) is 11.1 Å². The number of carbonyl (C=O) groups excluding carboxylic acids is 1. The third-order valence-corrected chi connectivity index (χ3v) is 5.20. The number of aliphatic hydroxyl groups is 1. The lowest BCUT2D eigenvalue weighted by Crippen LogP contribution is -2.19. The van der Waals surface area contributed by atoms with E-state index in [-0.39, 0.29) is 48.5 Å². The van der Waals surface area contributed by atoms with Gasteiger partial charge >= 0.3 is 6.18 Å². The summed E-state index contributed by atoms with van der Waals surface area (Å²) in [6.07, 6.45) is -3.35. The molecule has 0 spiro atoms. The van der Waals surface area contributed by atoms with Crippen molar-refractivity contribution in [3.05, 3.63) is 83.4 Å². The van der Waals surface area contributed by atoms with Crippen LogP contribution in [0.4, 0.5) is 26.3 Å². The van der Waals surface area contributed by atoms with Crippen molar-refractivity contribution in [2.24, 2.45) is 0 Å². The van der Waals surface area contributed by atoms with E-state index in [1.807, 2.05) is 0 Å². The Morgan fingerprint density at radius 3 is 2.34 bits per heavy atom. The lowest BCUT2D eigenvalue weighted by Gasteiger charge is -2.16. The second-order valence-corrected chi connectivity index (χ2v) is 7.89. The number of Topliss-reactive ketones (excluding diaryl/α,β-unsaturated/α-hetero) is 1. The van der Waals surface area contributed by atoms with E-state index < -0.39 is 36.2 Å². The van der Waals surface area contributed by atoms with Crippen molar-refractivity contribution in [3.8, 4) is 16.9 Å². The lowest BCUT2D eigenvalue weighted by atomic mass is 9.92. The Morgan fingerprint density at radius 1 is 0.971 bits per heavy atom. The van der Waals surface area contributed by atoms with Crippen LogP contribution >= 0.6 is 0 Å². The molecule has 1 atom stereocenters. The summed E-state index contributed by atoms with van der Waals surface area (Å²) in [5.41, 5.74) is 0.961. The van der Waals surface area contributed by atoms with E-state index in [9.17, 15) is 36.2 Å². The van der Waals surface area contributed by atoms with E-state index in [1.54, 1.807) is 0 Å². The number of aromatic nitrogens is 1. The van der Waals surface area contributed by atoms with Crippen LogP contribution < -0.4 is 4.74 Å². The number of hydrogen-bond acceptors (Lipinski definition) is 4. The average molecular weight is 497 g/mol. The molecule has 2 aromatic carbocycles. The number of aliphatic hydroxyl groups excluding tert-OH is 1. The molecule has 35 heavy (non-hydrogen) atoms. The van der Waals surface area contributed by atoms with Gasteiger partial charge in [0, 0.05) is 36.6 Å². The van der Waals surface area contributed by atoms with Crippen molar-refractivity contribution in [1.82, 2.24) is 4.98 Å². The maximum absolute atomic E-state index is 14.6. The second-order valence-electron chi connectivity index (χ2n) is 7.89. The van der Waals surface area contributed by atoms with Gasteiger partial charge in [0.05, 0.1) is 6.20 Å². The molecule has 1 N–H and O–H groups in total. The lowest BCUT2D eigenvalue weighted by molar-refractivity contribution is -0.153. The van der Waals surface area contributed by atoms with Gasteiger partial charge in [0.1, 0.15) is 17.3 Å². The fourth-order valence-electron chi connectivity index (χ4n) is 3.54. The number of benzene rings is 2. The van der Waals surface area contributed by atoms with Gasteiger partial charge in [-0.25, -0.2) is 13.2 Å². The normalized spacial score (nSPS) is 12.4. The third kappa shape index (κ3) is 7.54. The highest BCUT2D eigenvalue weighted by molar-refractivity contribution is 5.82. The molecule has 0 aliphatic carbocycles. The fourth-order valence-corrected chi connectivity index (χ4v) is 3.54. The zero-order valence-electron chi connectivity index (χ0n) is 18.3. The molecular formula is C25H21F6NO3. The monoisotopic (exact) mass is 497 g/mol. The summed E-state index contributed by atoms with van der Waals surface area (Å²) in [6.45, 7) is -1.71. The molecule has 3 rings (SSSR count). The Balaban J connectivity index is 1.66. The van der Waals surface area contributed by atoms with Crippen molar-refractivity contribution >= 4 is 5.78 Å². The van der Waals surface area contributed by atoms with Crippen LogP contribution in [0.2, 0.25) is 0 Å². The van der Waals surface area contributed by atoms with Crippen LogP contribution in [0.3, 0.4) is 0 Å². The number of alkyl halides is 3. The van der Waals surface area contributed by atoms with Gasteiger partial charge in [0.15, 0.2) is 18.2 Å². The van der Waals surface area contributed by atoms with Gasteiger partial charge < -0.3 is 9.84 Å². The molecule has 10 heteroatoms. The molecule has 0 bridgehead atoms. The zero-order valence-corrected chi connectivity index (χ0v) is 18.3. The molecule has 3 aromatic rings. The van der Waals surface area contributed by atoms with Gasteiger partial charge in [-0.2, -0.15) is 13.2 Å². The van der Waals surface area contributed by atoms with Crippen molar-refractivity contribution in [3.63, 3.8) is 0 Å². The number of ketones is 1. The Hall–Kier alpha value is -3.40. The molecule has 0 saturated heterocycles. The first-order chi connectivity index (χ1) is 16.6. The SMILES string of the molecule is O=C(Cc1ccc(-c2ccc(F)c(F)c2)c(F)c1)C[C@H](CCO)c1ccc(OCC(F)(F)F)cn1. The minimum absolute atomic E-state index is 0.0388. The minimum Gasteiger partial charge on any atom is -0.483 e. The highest BCUT2D eigenvalue weighted by atomic mass is 19.4. The molecule has 4 nitrogen and oxygen atoms in total. The van der Waals surface area contributed by atoms with Gasteiger partial charge in [-0.05, 0) is 47.9 Å². The molecule has 0 saturated carbocycles. The number of nitrogens with zero attached hydrogens (tertiary/aromatic N) is 1.